The Morgan fingerprint density at radius 3 is 1.18 bits per heavy atom. The summed E-state index contributed by atoms with van der Waals surface area (Å²) in [6.45, 7) is 0. The van der Waals surface area contributed by atoms with E-state index in [0.717, 1.165) is 0 Å². The van der Waals surface area contributed by atoms with Crippen LogP contribution in [0, 0.1) is 0 Å². The van der Waals surface area contributed by atoms with E-state index in [1.54, 1.807) is 0 Å². The molecule has 0 aliphatic rings. The predicted molar refractivity (Wildman–Crippen MR) is 39.0 cm³/mol. The van der Waals surface area contributed by atoms with E-state index >= 15 is 0 Å². The normalized spacial score (nSPS) is 17.9. The lowest BCUT2D eigenvalue weighted by Crippen LogP contribution is -2.65. The first-order valence-corrected chi connectivity index (χ1v) is 5.36. The van der Waals surface area contributed by atoms with Gasteiger partial charge in [0.2, 0.25) is 0 Å². The van der Waals surface area contributed by atoms with Crippen LogP contribution in [-0.4, -0.2) is 35.5 Å². The lowest BCUT2D eigenvalue weighted by Gasteiger charge is -2.33. The van der Waals surface area contributed by atoms with Crippen molar-refractivity contribution < 1.29 is 43.9 Å². The van der Waals surface area contributed by atoms with E-state index < -0.39 is 40.5 Å². The van der Waals surface area contributed by atoms with Crippen LogP contribution < -0.4 is 9.44 Å². The summed E-state index contributed by atoms with van der Waals surface area (Å²) in [6, 6.07) is -11.8. The second-order valence-electron chi connectivity index (χ2n) is 2.40. The summed E-state index contributed by atoms with van der Waals surface area (Å²) in [5.74, 6) is -6.32. The molecule has 0 rings (SSSR count). The summed E-state index contributed by atoms with van der Waals surface area (Å²) >= 11 is -7.95. The maximum atomic E-state index is 12.5. The second-order valence-corrected chi connectivity index (χ2v) is 3.74. The van der Waals surface area contributed by atoms with Crippen LogP contribution >= 0.6 is 0 Å². The van der Waals surface area contributed by atoms with Crippen molar-refractivity contribution in [2.45, 2.75) is 18.0 Å². The third kappa shape index (κ3) is 3.85. The van der Waals surface area contributed by atoms with Gasteiger partial charge >= 0.3 is 18.0 Å². The van der Waals surface area contributed by atoms with E-state index in [9.17, 15) is 43.9 Å². The van der Waals surface area contributed by atoms with E-state index in [0.29, 0.717) is 0 Å². The van der Waals surface area contributed by atoms with Gasteiger partial charge < -0.3 is 9.11 Å². The molecule has 0 aromatic heterocycles. The Labute approximate surface area is 94.6 Å². The molecule has 2 atom stereocenters. The Bertz CT molecular complexity index is 307. The van der Waals surface area contributed by atoms with E-state index in [-0.39, 0.29) is 9.44 Å². The maximum Gasteiger partial charge on any atom is 0.401 e. The van der Waals surface area contributed by atoms with Gasteiger partial charge in [-0.2, -0.15) is 35.8 Å². The standard InChI is InChI=1S/C3H4F6N2O4S2/c4-1(5,2(6,7)10-16(12)13)3(8,9)11-17(14)15/h10-11H,(H,12,13)(H,14,15)/p-2. The van der Waals surface area contributed by atoms with Crippen LogP contribution in [0.2, 0.25) is 0 Å². The molecule has 0 amide bonds. The molecule has 17 heavy (non-hydrogen) atoms. The van der Waals surface area contributed by atoms with E-state index in [4.69, 9.17) is 0 Å². The third-order valence-corrected chi connectivity index (χ3v) is 2.06. The molecule has 0 bridgehead atoms. The summed E-state index contributed by atoms with van der Waals surface area (Å²) in [7, 11) is 0. The summed E-state index contributed by atoms with van der Waals surface area (Å²) in [5.41, 5.74) is 0. The Kier molecular flexibility index (Phi) is 5.06. The molecule has 0 saturated carbocycles. The summed E-state index contributed by atoms with van der Waals surface area (Å²) < 4.78 is 113. The second kappa shape index (κ2) is 5.15. The number of hydrogen-bond acceptors (Lipinski definition) is 4. The van der Waals surface area contributed by atoms with E-state index in [1.807, 2.05) is 0 Å². The molecule has 0 fully saturated rings. The van der Waals surface area contributed by atoms with Gasteiger partial charge in [0, 0.05) is 22.5 Å². The van der Waals surface area contributed by atoms with Crippen LogP contribution in [0.1, 0.15) is 0 Å². The first-order chi connectivity index (χ1) is 7.33. The number of nitrogens with one attached hydrogen (secondary N) is 2. The minimum absolute atomic E-state index is 0.149. The van der Waals surface area contributed by atoms with Crippen molar-refractivity contribution in [3.05, 3.63) is 0 Å². The highest BCUT2D eigenvalue weighted by molar-refractivity contribution is 7.77. The van der Waals surface area contributed by atoms with Crippen LogP contribution in [0.25, 0.3) is 0 Å². The van der Waals surface area contributed by atoms with Crippen LogP contribution in [0.3, 0.4) is 0 Å². The molecule has 14 heteroatoms. The molecule has 0 aromatic rings. The fraction of sp³-hybridized carbons (Fsp3) is 1.00. The Balaban J connectivity index is 5.22. The highest BCUT2D eigenvalue weighted by atomic mass is 32.2. The zero-order chi connectivity index (χ0) is 14.1. The van der Waals surface area contributed by atoms with Crippen LogP contribution in [0.4, 0.5) is 26.3 Å². The topological polar surface area (TPSA) is 104 Å². The molecule has 2 N–H and O–H groups in total. The third-order valence-electron chi connectivity index (χ3n) is 1.21. The van der Waals surface area contributed by atoms with Crippen molar-refractivity contribution in [3.8, 4) is 0 Å². The van der Waals surface area contributed by atoms with Gasteiger partial charge in [0.25, 0.3) is 0 Å². The molecule has 0 saturated heterocycles. The SMILES string of the molecule is O=S([O-])NC(F)(F)C(F)(F)C(F)(F)NS(=O)[O-]. The first-order valence-electron chi connectivity index (χ1n) is 3.21. The molecule has 0 heterocycles. The average molecular weight is 308 g/mol. The number of rotatable bonds is 6. The molecular formula is C3H2F6N2O4S2-2. The molecular weight excluding hydrogens is 306 g/mol. The molecule has 0 aromatic carbocycles. The van der Waals surface area contributed by atoms with Crippen molar-refractivity contribution in [1.29, 1.82) is 0 Å². The Morgan fingerprint density at radius 1 is 0.765 bits per heavy atom. The van der Waals surface area contributed by atoms with Crippen molar-refractivity contribution in [2.24, 2.45) is 0 Å². The average Bonchev–Trinajstić information content (AvgIpc) is 1.97. The highest BCUT2D eigenvalue weighted by Crippen LogP contribution is 2.42. The molecule has 0 aliphatic carbocycles. The summed E-state index contributed by atoms with van der Waals surface area (Å²) in [4.78, 5) is 0. The minimum atomic E-state index is -6.32. The smallest absolute Gasteiger partial charge is 0.401 e. The fourth-order valence-electron chi connectivity index (χ4n) is 0.535. The number of hydrogen-bond donors (Lipinski definition) is 2. The zero-order valence-electron chi connectivity index (χ0n) is 7.22. The van der Waals surface area contributed by atoms with Crippen molar-refractivity contribution in [1.82, 2.24) is 9.44 Å². The quantitative estimate of drug-likeness (QED) is 0.395. The highest BCUT2D eigenvalue weighted by Gasteiger charge is 2.72. The van der Waals surface area contributed by atoms with Crippen molar-refractivity contribution in [2.75, 3.05) is 0 Å². The minimum Gasteiger partial charge on any atom is -0.760 e. The largest absolute Gasteiger partial charge is 0.760 e. The van der Waals surface area contributed by atoms with E-state index in [1.165, 1.54) is 0 Å². The molecule has 6 nitrogen and oxygen atoms in total. The summed E-state index contributed by atoms with van der Waals surface area (Å²) in [6.07, 6.45) is 0. The molecule has 0 radical (unpaired) electrons. The fourth-order valence-corrected chi connectivity index (χ4v) is 1.21. The van der Waals surface area contributed by atoms with Gasteiger partial charge in [0.1, 0.15) is 0 Å². The van der Waals surface area contributed by atoms with Crippen molar-refractivity contribution >= 4 is 22.5 Å². The molecule has 0 spiro atoms. The first kappa shape index (κ1) is 16.7. The van der Waals surface area contributed by atoms with Gasteiger partial charge in [-0.1, -0.05) is 0 Å². The number of alkyl halides is 6. The molecule has 2 unspecified atom stereocenters. The van der Waals surface area contributed by atoms with Crippen LogP contribution in [0.5, 0.6) is 0 Å². The van der Waals surface area contributed by atoms with Crippen LogP contribution in [-0.2, 0) is 22.5 Å². The zero-order valence-corrected chi connectivity index (χ0v) is 8.85. The lowest BCUT2D eigenvalue weighted by molar-refractivity contribution is -0.316. The van der Waals surface area contributed by atoms with Gasteiger partial charge in [-0.3, -0.25) is 8.42 Å². The molecule has 0 aliphatic heterocycles. The van der Waals surface area contributed by atoms with Gasteiger partial charge in [0.15, 0.2) is 0 Å². The predicted octanol–water partition coefficient (Wildman–Crippen LogP) is -0.425. The summed E-state index contributed by atoms with van der Waals surface area (Å²) in [5, 5.41) is 0. The maximum absolute atomic E-state index is 12.5. The van der Waals surface area contributed by atoms with Crippen LogP contribution in [0.15, 0.2) is 0 Å². The monoisotopic (exact) mass is 308 g/mol. The van der Waals surface area contributed by atoms with Gasteiger partial charge in [-0.05, 0) is 0 Å². The lowest BCUT2D eigenvalue weighted by atomic mass is 10.2. The van der Waals surface area contributed by atoms with E-state index in [2.05, 4.69) is 0 Å². The Hall–Kier alpha value is -0.280. The number of halogens is 6. The molecule has 104 valence electrons. The van der Waals surface area contributed by atoms with Crippen molar-refractivity contribution in [3.63, 3.8) is 0 Å². The van der Waals surface area contributed by atoms with Gasteiger partial charge in [-0.15, -0.1) is 0 Å². The Morgan fingerprint density at radius 2 is 1.00 bits per heavy atom. The van der Waals surface area contributed by atoms with Gasteiger partial charge in [-0.25, -0.2) is 0 Å². The van der Waals surface area contributed by atoms with Gasteiger partial charge in [0.05, 0.1) is 0 Å².